The molecule has 1 N–H and O–H groups in total. The van der Waals surface area contributed by atoms with Crippen LogP contribution in [0, 0.1) is 6.92 Å². The first-order valence-corrected chi connectivity index (χ1v) is 12.9. The maximum atomic E-state index is 3.77. The summed E-state index contributed by atoms with van der Waals surface area (Å²) in [5.41, 5.74) is 13.0. The third-order valence-corrected chi connectivity index (χ3v) is 8.58. The molecule has 0 amide bonds. The van der Waals surface area contributed by atoms with E-state index < -0.39 is 0 Å². The second-order valence-electron chi connectivity index (χ2n) is 9.55. The minimum Gasteiger partial charge on any atom is -0.353 e. The summed E-state index contributed by atoms with van der Waals surface area (Å²) in [6.45, 7) is 2.22. The van der Waals surface area contributed by atoms with Gasteiger partial charge in [0.2, 0.25) is 0 Å². The van der Waals surface area contributed by atoms with Gasteiger partial charge >= 0.3 is 0 Å². The molecule has 164 valence electrons. The monoisotopic (exact) mass is 464 g/mol. The van der Waals surface area contributed by atoms with E-state index in [1.165, 1.54) is 76.3 Å². The van der Waals surface area contributed by atoms with Gasteiger partial charge in [0, 0.05) is 37.3 Å². The van der Waals surface area contributed by atoms with Gasteiger partial charge in [-0.2, -0.15) is 0 Å². The van der Waals surface area contributed by atoms with Crippen molar-refractivity contribution in [3.8, 4) is 16.8 Å². The Bertz CT molecular complexity index is 1850. The molecule has 0 spiro atoms. The molecule has 8 rings (SSSR count). The molecule has 2 aliphatic rings. The van der Waals surface area contributed by atoms with Crippen LogP contribution in [0.2, 0.25) is 0 Å². The van der Waals surface area contributed by atoms with Gasteiger partial charge in [0.1, 0.15) is 0 Å². The van der Waals surface area contributed by atoms with Crippen molar-refractivity contribution >= 4 is 63.1 Å². The highest BCUT2D eigenvalue weighted by Gasteiger charge is 2.27. The summed E-state index contributed by atoms with van der Waals surface area (Å²) in [5.74, 6) is 0. The van der Waals surface area contributed by atoms with Crippen molar-refractivity contribution in [3.05, 3.63) is 103 Å². The van der Waals surface area contributed by atoms with Crippen LogP contribution in [0.1, 0.15) is 5.56 Å². The van der Waals surface area contributed by atoms with Crippen molar-refractivity contribution in [3.63, 3.8) is 0 Å². The molecule has 0 saturated heterocycles. The zero-order valence-electron chi connectivity index (χ0n) is 19.3. The Kier molecular flexibility index (Phi) is 3.92. The molecule has 0 unspecified atom stereocenters. The van der Waals surface area contributed by atoms with Crippen LogP contribution in [-0.2, 0) is 0 Å². The highest BCUT2D eigenvalue weighted by molar-refractivity contribution is 7.99. The molecule has 3 heterocycles. The number of para-hydroxylation sites is 4. The van der Waals surface area contributed by atoms with E-state index in [-0.39, 0.29) is 0 Å². The standard InChI is InChI=1S/C31H21BN2S/c1-18-16-22(20-9-7-15-28-30(20)33-24-12-3-5-14-27(24)35-28)29-26(17-18)34-25-13-4-2-8-19(25)21-10-6-11-23(32-29)31(21)34/h2-17,32-33H,1H3. The Labute approximate surface area is 208 Å². The van der Waals surface area contributed by atoms with Gasteiger partial charge in [-0.1, -0.05) is 84.0 Å². The Balaban J connectivity index is 1.42. The predicted molar refractivity (Wildman–Crippen MR) is 151 cm³/mol. The Morgan fingerprint density at radius 2 is 1.54 bits per heavy atom. The van der Waals surface area contributed by atoms with Crippen LogP contribution in [0.5, 0.6) is 0 Å². The van der Waals surface area contributed by atoms with Gasteiger partial charge in [-0.15, -0.1) is 0 Å². The number of fused-ring (bicyclic) bond motifs is 7. The molecular formula is C31H21BN2S. The summed E-state index contributed by atoms with van der Waals surface area (Å²) in [7, 11) is 0.937. The lowest BCUT2D eigenvalue weighted by Crippen LogP contribution is -2.37. The van der Waals surface area contributed by atoms with E-state index in [0.29, 0.717) is 0 Å². The number of aromatic nitrogens is 1. The second kappa shape index (κ2) is 7.06. The first kappa shape index (κ1) is 19.4. The van der Waals surface area contributed by atoms with Gasteiger partial charge < -0.3 is 9.88 Å². The van der Waals surface area contributed by atoms with Crippen LogP contribution in [0.3, 0.4) is 0 Å². The van der Waals surface area contributed by atoms with E-state index in [9.17, 15) is 0 Å². The first-order valence-electron chi connectivity index (χ1n) is 12.1. The van der Waals surface area contributed by atoms with E-state index >= 15 is 0 Å². The van der Waals surface area contributed by atoms with Gasteiger partial charge in [0.15, 0.2) is 7.28 Å². The molecule has 2 nitrogen and oxygen atoms in total. The molecular weight excluding hydrogens is 443 g/mol. The first-order chi connectivity index (χ1) is 17.3. The maximum absolute atomic E-state index is 3.77. The number of nitrogens with one attached hydrogen (secondary N) is 1. The molecule has 6 aromatic rings. The number of benzene rings is 5. The molecule has 0 fully saturated rings. The summed E-state index contributed by atoms with van der Waals surface area (Å²) < 4.78 is 2.50. The number of anilines is 2. The third-order valence-electron chi connectivity index (χ3n) is 7.44. The van der Waals surface area contributed by atoms with Crippen LogP contribution in [0.15, 0.2) is 107 Å². The number of hydrogen-bond donors (Lipinski definition) is 1. The fourth-order valence-corrected chi connectivity index (χ4v) is 7.00. The topological polar surface area (TPSA) is 17.0 Å². The number of aryl methyl sites for hydroxylation is 1. The quantitative estimate of drug-likeness (QED) is 0.273. The largest absolute Gasteiger partial charge is 0.353 e. The maximum Gasteiger partial charge on any atom is 0.198 e. The number of rotatable bonds is 1. The van der Waals surface area contributed by atoms with E-state index in [4.69, 9.17) is 0 Å². The SMILES string of the molecule is Cc1cc(-c2cccc3c2Nc2ccccc2S3)c2c(c1)-n1c3ccccc3c3cccc(c31)B2. The lowest BCUT2D eigenvalue weighted by molar-refractivity contribution is 1.18. The van der Waals surface area contributed by atoms with Crippen molar-refractivity contribution in [2.75, 3.05) is 5.32 Å². The normalized spacial score (nSPS) is 13.1. The molecule has 35 heavy (non-hydrogen) atoms. The summed E-state index contributed by atoms with van der Waals surface area (Å²) in [4.78, 5) is 2.56. The van der Waals surface area contributed by atoms with E-state index in [0.717, 1.165) is 7.28 Å². The van der Waals surface area contributed by atoms with Crippen molar-refractivity contribution in [1.29, 1.82) is 0 Å². The van der Waals surface area contributed by atoms with Crippen molar-refractivity contribution in [2.24, 2.45) is 0 Å². The minimum absolute atomic E-state index is 0.937. The average Bonchev–Trinajstić information content (AvgIpc) is 3.23. The lowest BCUT2D eigenvalue weighted by Gasteiger charge is -2.27. The van der Waals surface area contributed by atoms with Crippen molar-refractivity contribution < 1.29 is 0 Å². The van der Waals surface area contributed by atoms with Gasteiger partial charge in [0.25, 0.3) is 0 Å². The highest BCUT2D eigenvalue weighted by atomic mass is 32.2. The van der Waals surface area contributed by atoms with Crippen LogP contribution in [0.25, 0.3) is 38.6 Å². The minimum atomic E-state index is 0.937. The number of nitrogens with zero attached hydrogens (tertiary/aromatic N) is 1. The molecule has 5 aromatic carbocycles. The molecule has 0 aliphatic carbocycles. The van der Waals surface area contributed by atoms with Gasteiger partial charge in [0.05, 0.1) is 16.9 Å². The summed E-state index contributed by atoms with van der Waals surface area (Å²) in [6, 6.07) is 35.6. The molecule has 1 aromatic heterocycles. The predicted octanol–water partition coefficient (Wildman–Crippen LogP) is 6.67. The van der Waals surface area contributed by atoms with Gasteiger partial charge in [-0.25, -0.2) is 0 Å². The fraction of sp³-hybridized carbons (Fsp3) is 0.0323. The molecule has 0 radical (unpaired) electrons. The van der Waals surface area contributed by atoms with E-state index in [1.807, 2.05) is 11.8 Å². The van der Waals surface area contributed by atoms with E-state index in [2.05, 4.69) is 114 Å². The molecule has 0 atom stereocenters. The Morgan fingerprint density at radius 1 is 0.743 bits per heavy atom. The number of hydrogen-bond acceptors (Lipinski definition) is 2. The highest BCUT2D eigenvalue weighted by Crippen LogP contribution is 2.48. The zero-order valence-corrected chi connectivity index (χ0v) is 20.1. The fourth-order valence-electron chi connectivity index (χ4n) is 5.98. The van der Waals surface area contributed by atoms with Crippen molar-refractivity contribution in [2.45, 2.75) is 16.7 Å². The summed E-state index contributed by atoms with van der Waals surface area (Å²) >= 11 is 1.85. The summed E-state index contributed by atoms with van der Waals surface area (Å²) in [5, 5.41) is 6.44. The Morgan fingerprint density at radius 3 is 2.51 bits per heavy atom. The smallest absolute Gasteiger partial charge is 0.198 e. The second-order valence-corrected chi connectivity index (χ2v) is 10.6. The van der Waals surface area contributed by atoms with Crippen LogP contribution >= 0.6 is 11.8 Å². The van der Waals surface area contributed by atoms with E-state index in [1.54, 1.807) is 0 Å². The summed E-state index contributed by atoms with van der Waals surface area (Å²) in [6.07, 6.45) is 0. The van der Waals surface area contributed by atoms with Gasteiger partial charge in [-0.3, -0.25) is 0 Å². The zero-order chi connectivity index (χ0) is 23.1. The molecule has 0 bridgehead atoms. The van der Waals surface area contributed by atoms with Gasteiger partial charge in [-0.05, 0) is 53.8 Å². The Hall–Kier alpha value is -3.89. The molecule has 0 saturated carbocycles. The molecule has 2 aliphatic heterocycles. The van der Waals surface area contributed by atoms with Crippen LogP contribution in [0.4, 0.5) is 11.4 Å². The van der Waals surface area contributed by atoms with Crippen molar-refractivity contribution in [1.82, 2.24) is 4.57 Å². The average molecular weight is 464 g/mol. The molecule has 4 heteroatoms. The van der Waals surface area contributed by atoms with Crippen LogP contribution < -0.4 is 16.2 Å². The third kappa shape index (κ3) is 2.69. The lowest BCUT2D eigenvalue weighted by atomic mass is 9.59. The van der Waals surface area contributed by atoms with Crippen LogP contribution in [-0.4, -0.2) is 11.8 Å².